The van der Waals surface area contributed by atoms with E-state index >= 15 is 0 Å². The minimum atomic E-state index is 0. The van der Waals surface area contributed by atoms with Gasteiger partial charge in [-0.3, -0.25) is 14.6 Å². The van der Waals surface area contributed by atoms with Crippen molar-refractivity contribution in [3.8, 4) is 5.75 Å². The largest absolute Gasteiger partial charge is 0.870 e. The summed E-state index contributed by atoms with van der Waals surface area (Å²) in [7, 11) is 0. The van der Waals surface area contributed by atoms with Crippen molar-refractivity contribution in [3.63, 3.8) is 0 Å². The Hall–Kier alpha value is -1.44. The van der Waals surface area contributed by atoms with Crippen LogP contribution in [-0.2, 0) is 0 Å². The maximum atomic E-state index is 13.2. The van der Waals surface area contributed by atoms with E-state index in [1.54, 1.807) is 0 Å². The van der Waals surface area contributed by atoms with Gasteiger partial charge < -0.3 is 15.5 Å². The molecular formula is C22H40N4O3. The SMILES string of the molecule is CCCN1CC(C)N(c2c(O)c(=[N+]3C(C)CN(CCC)CC3C)c2=O)C(C)C1.[OH-]. The van der Waals surface area contributed by atoms with Gasteiger partial charge in [0.05, 0.1) is 13.1 Å². The molecule has 0 bridgehead atoms. The Balaban J connectivity index is 0.00000300. The molecule has 166 valence electrons. The third kappa shape index (κ3) is 4.37. The third-order valence-corrected chi connectivity index (χ3v) is 6.46. The smallest absolute Gasteiger partial charge is 0.295 e. The maximum Gasteiger partial charge on any atom is 0.295 e. The zero-order chi connectivity index (χ0) is 20.6. The number of hydrogen-bond acceptors (Lipinski definition) is 6. The van der Waals surface area contributed by atoms with Crippen LogP contribution in [0.25, 0.3) is 0 Å². The van der Waals surface area contributed by atoms with E-state index in [0.29, 0.717) is 11.0 Å². The van der Waals surface area contributed by atoms with Gasteiger partial charge in [0.2, 0.25) is 5.75 Å². The molecule has 2 fully saturated rings. The van der Waals surface area contributed by atoms with Crippen molar-refractivity contribution in [1.29, 1.82) is 0 Å². The van der Waals surface area contributed by atoms with Crippen LogP contribution in [0.3, 0.4) is 0 Å². The molecule has 0 aliphatic carbocycles. The molecule has 7 heteroatoms. The predicted octanol–water partition coefficient (Wildman–Crippen LogP) is 1.04. The Labute approximate surface area is 175 Å². The van der Waals surface area contributed by atoms with E-state index in [-0.39, 0.29) is 40.8 Å². The number of aromatic hydroxyl groups is 1. The first-order valence-electron chi connectivity index (χ1n) is 11.2. The molecule has 7 nitrogen and oxygen atoms in total. The van der Waals surface area contributed by atoms with E-state index in [1.807, 2.05) is 0 Å². The van der Waals surface area contributed by atoms with Gasteiger partial charge >= 0.3 is 0 Å². The summed E-state index contributed by atoms with van der Waals surface area (Å²) in [5, 5.41) is 11.5. The fraction of sp³-hybridized carbons (Fsp3) is 0.818. The van der Waals surface area contributed by atoms with E-state index in [9.17, 15) is 9.90 Å². The summed E-state index contributed by atoms with van der Waals surface area (Å²) in [5.41, 5.74) is 0.573. The Kier molecular flexibility index (Phi) is 7.87. The van der Waals surface area contributed by atoms with Crippen molar-refractivity contribution >= 4 is 5.69 Å². The van der Waals surface area contributed by atoms with Gasteiger partial charge in [-0.25, -0.2) is 4.58 Å². The summed E-state index contributed by atoms with van der Waals surface area (Å²) in [4.78, 5) is 20.3. The van der Waals surface area contributed by atoms with Crippen LogP contribution in [0.1, 0.15) is 54.4 Å². The van der Waals surface area contributed by atoms with E-state index in [4.69, 9.17) is 0 Å². The molecule has 4 unspecified atom stereocenters. The molecule has 2 heterocycles. The van der Waals surface area contributed by atoms with Crippen LogP contribution in [0.4, 0.5) is 5.69 Å². The van der Waals surface area contributed by atoms with Crippen molar-refractivity contribution in [3.05, 3.63) is 15.6 Å². The first-order chi connectivity index (χ1) is 13.3. The average Bonchev–Trinajstić information content (AvgIpc) is 2.61. The highest BCUT2D eigenvalue weighted by Crippen LogP contribution is 2.29. The zero-order valence-corrected chi connectivity index (χ0v) is 19.1. The molecule has 3 rings (SSSR count). The lowest BCUT2D eigenvalue weighted by Gasteiger charge is -2.46. The van der Waals surface area contributed by atoms with E-state index in [1.165, 1.54) is 0 Å². The maximum absolute atomic E-state index is 13.2. The summed E-state index contributed by atoms with van der Waals surface area (Å²) < 4.78 is 2.16. The van der Waals surface area contributed by atoms with Crippen LogP contribution >= 0.6 is 0 Å². The van der Waals surface area contributed by atoms with E-state index in [0.717, 1.165) is 52.1 Å². The molecule has 0 saturated carbocycles. The fourth-order valence-corrected chi connectivity index (χ4v) is 5.60. The molecule has 0 radical (unpaired) electrons. The molecule has 29 heavy (non-hydrogen) atoms. The molecule has 1 aromatic carbocycles. The van der Waals surface area contributed by atoms with Gasteiger partial charge in [0.1, 0.15) is 5.69 Å². The van der Waals surface area contributed by atoms with Crippen LogP contribution in [-0.4, -0.2) is 83.8 Å². The molecule has 0 aromatic heterocycles. The van der Waals surface area contributed by atoms with Gasteiger partial charge in [-0.2, -0.15) is 0 Å². The number of piperazine rings is 2. The van der Waals surface area contributed by atoms with Crippen molar-refractivity contribution in [2.45, 2.75) is 78.6 Å². The Morgan fingerprint density at radius 1 is 0.897 bits per heavy atom. The standard InChI is InChI=1S/C22H38N4O2.H2O/c1-7-9-23-11-15(3)25(16(4)12-23)19-21(27)20(22(19)28)26-17(5)13-24(10-8-2)14-18(26)6;/h15-18H,7-14H2,1-6H3;1H2. The monoisotopic (exact) mass is 408 g/mol. The number of hydrogen-bond donors (Lipinski definition) is 1. The van der Waals surface area contributed by atoms with Crippen molar-refractivity contribution < 1.29 is 10.6 Å². The molecule has 0 amide bonds. The average molecular weight is 409 g/mol. The molecule has 4 atom stereocenters. The lowest BCUT2D eigenvalue weighted by atomic mass is 10.0. The molecule has 2 saturated heterocycles. The molecule has 2 N–H and O–H groups in total. The minimum absolute atomic E-state index is 0. The van der Waals surface area contributed by atoms with Crippen LogP contribution in [0.2, 0.25) is 0 Å². The normalized spacial score (nSPS) is 29.3. The molecule has 1 aromatic rings. The first-order valence-corrected chi connectivity index (χ1v) is 11.2. The lowest BCUT2D eigenvalue weighted by Crippen LogP contribution is -2.64. The van der Waals surface area contributed by atoms with Crippen molar-refractivity contribution in [2.75, 3.05) is 44.2 Å². The second-order valence-electron chi connectivity index (χ2n) is 9.10. The number of nitrogens with zero attached hydrogens (tertiary/aromatic N) is 4. The van der Waals surface area contributed by atoms with Gasteiger partial charge in [0.25, 0.3) is 10.8 Å². The molecule has 0 spiro atoms. The highest BCUT2D eigenvalue weighted by Gasteiger charge is 2.41. The zero-order valence-electron chi connectivity index (χ0n) is 19.1. The number of anilines is 1. The highest BCUT2D eigenvalue weighted by atomic mass is 16.3. The van der Waals surface area contributed by atoms with E-state index < -0.39 is 0 Å². The molecule has 2 aliphatic heterocycles. The summed E-state index contributed by atoms with van der Waals surface area (Å²) >= 11 is 0. The second-order valence-corrected chi connectivity index (χ2v) is 9.10. The summed E-state index contributed by atoms with van der Waals surface area (Å²) in [5.74, 6) is 0.218. The Bertz CT molecular complexity index is 745. The van der Waals surface area contributed by atoms with Gasteiger partial charge in [0.15, 0.2) is 12.1 Å². The van der Waals surface area contributed by atoms with E-state index in [2.05, 4.69) is 60.8 Å². The van der Waals surface area contributed by atoms with Gasteiger partial charge in [0, 0.05) is 25.2 Å². The summed E-state index contributed by atoms with van der Waals surface area (Å²) in [6.45, 7) is 19.0. The summed E-state index contributed by atoms with van der Waals surface area (Å²) in [6.07, 6.45) is 2.29. The molecule has 2 aliphatic rings. The quantitative estimate of drug-likeness (QED) is 0.733. The van der Waals surface area contributed by atoms with Crippen LogP contribution in [0.15, 0.2) is 4.79 Å². The topological polar surface area (TPSA) is 80.0 Å². The predicted molar refractivity (Wildman–Crippen MR) is 118 cm³/mol. The van der Waals surface area contributed by atoms with Crippen LogP contribution in [0.5, 0.6) is 5.75 Å². The molecular weight excluding hydrogens is 368 g/mol. The van der Waals surface area contributed by atoms with Crippen LogP contribution in [0, 0.1) is 0 Å². The highest BCUT2D eigenvalue weighted by molar-refractivity contribution is 5.64. The first kappa shape index (κ1) is 23.8. The van der Waals surface area contributed by atoms with Gasteiger partial charge in [-0.05, 0) is 53.6 Å². The fourth-order valence-electron chi connectivity index (χ4n) is 5.60. The minimum Gasteiger partial charge on any atom is -0.870 e. The summed E-state index contributed by atoms with van der Waals surface area (Å²) in [6, 6.07) is 0.923. The van der Waals surface area contributed by atoms with Crippen LogP contribution < -0.4 is 20.3 Å². The second kappa shape index (κ2) is 9.58. The van der Waals surface area contributed by atoms with Gasteiger partial charge in [-0.1, -0.05) is 13.8 Å². The Morgan fingerprint density at radius 2 is 1.34 bits per heavy atom. The Morgan fingerprint density at radius 3 is 1.76 bits per heavy atom. The van der Waals surface area contributed by atoms with Crippen molar-refractivity contribution in [1.82, 2.24) is 14.4 Å². The lowest BCUT2D eigenvalue weighted by molar-refractivity contribution is 0.146. The third-order valence-electron chi connectivity index (χ3n) is 6.46. The van der Waals surface area contributed by atoms with Gasteiger partial charge in [-0.15, -0.1) is 0 Å². The number of rotatable bonds is 5. The van der Waals surface area contributed by atoms with Crippen molar-refractivity contribution in [2.24, 2.45) is 0 Å².